The number of hydrogen-bond acceptors (Lipinski definition) is 2. The van der Waals surface area contributed by atoms with Crippen molar-refractivity contribution < 1.29 is 14.0 Å². The lowest BCUT2D eigenvalue weighted by molar-refractivity contribution is 0.109. The SMILES string of the molecule is CC1(C)OP(=O)(O)c2ccccc21. The van der Waals surface area contributed by atoms with Crippen LogP contribution >= 0.6 is 7.60 Å². The minimum atomic E-state index is -3.55. The maximum absolute atomic E-state index is 11.6. The van der Waals surface area contributed by atoms with E-state index in [1.54, 1.807) is 26.0 Å². The normalized spacial score (nSPS) is 30.1. The lowest BCUT2D eigenvalue weighted by atomic mass is 9.99. The Hall–Kier alpha value is -0.630. The summed E-state index contributed by atoms with van der Waals surface area (Å²) in [5, 5.41) is 0.431. The van der Waals surface area contributed by atoms with Crippen molar-refractivity contribution in [2.24, 2.45) is 0 Å². The number of benzene rings is 1. The van der Waals surface area contributed by atoms with E-state index in [-0.39, 0.29) is 0 Å². The summed E-state index contributed by atoms with van der Waals surface area (Å²) in [7, 11) is -3.55. The minimum absolute atomic E-state index is 0.431. The zero-order valence-corrected chi connectivity index (χ0v) is 8.41. The maximum atomic E-state index is 11.6. The number of fused-ring (bicyclic) bond motifs is 1. The third-order valence-corrected chi connectivity index (χ3v) is 3.91. The highest BCUT2D eigenvalue weighted by atomic mass is 31.2. The Morgan fingerprint density at radius 2 is 2.00 bits per heavy atom. The summed E-state index contributed by atoms with van der Waals surface area (Å²) in [4.78, 5) is 9.52. The number of rotatable bonds is 0. The molecule has 1 aliphatic rings. The summed E-state index contributed by atoms with van der Waals surface area (Å²) in [6, 6.07) is 7.05. The van der Waals surface area contributed by atoms with Crippen LogP contribution in [0, 0.1) is 0 Å². The molecule has 1 aromatic rings. The van der Waals surface area contributed by atoms with E-state index in [0.29, 0.717) is 5.30 Å². The molecule has 0 aromatic heterocycles. The molecular weight excluding hydrogens is 187 g/mol. The van der Waals surface area contributed by atoms with Gasteiger partial charge in [0.15, 0.2) is 0 Å². The van der Waals surface area contributed by atoms with Crippen LogP contribution in [0.3, 0.4) is 0 Å². The smallest absolute Gasteiger partial charge is 0.321 e. The lowest BCUT2D eigenvalue weighted by Gasteiger charge is -2.17. The van der Waals surface area contributed by atoms with Gasteiger partial charge >= 0.3 is 7.60 Å². The second-order valence-electron chi connectivity index (χ2n) is 3.64. The Labute approximate surface area is 76.9 Å². The summed E-state index contributed by atoms with van der Waals surface area (Å²) in [6.07, 6.45) is 0. The average molecular weight is 198 g/mol. The Morgan fingerprint density at radius 3 is 2.62 bits per heavy atom. The van der Waals surface area contributed by atoms with Crippen molar-refractivity contribution >= 4 is 12.9 Å². The molecule has 0 radical (unpaired) electrons. The fourth-order valence-corrected chi connectivity index (χ4v) is 3.37. The molecule has 0 saturated heterocycles. The summed E-state index contributed by atoms with van der Waals surface area (Å²) < 4.78 is 16.7. The molecule has 4 heteroatoms. The van der Waals surface area contributed by atoms with Crippen LogP contribution in [0.15, 0.2) is 24.3 Å². The van der Waals surface area contributed by atoms with Gasteiger partial charge in [0.1, 0.15) is 0 Å². The third kappa shape index (κ3) is 1.24. The Balaban J connectivity index is 2.72. The van der Waals surface area contributed by atoms with Crippen molar-refractivity contribution in [3.05, 3.63) is 29.8 Å². The van der Waals surface area contributed by atoms with E-state index in [1.165, 1.54) is 0 Å². The first kappa shape index (κ1) is 8.95. The zero-order valence-electron chi connectivity index (χ0n) is 7.52. The van der Waals surface area contributed by atoms with E-state index in [1.807, 2.05) is 12.1 Å². The monoisotopic (exact) mass is 198 g/mol. The fraction of sp³-hybridized carbons (Fsp3) is 0.333. The van der Waals surface area contributed by atoms with E-state index < -0.39 is 13.2 Å². The largest absolute Gasteiger partial charge is 0.360 e. The lowest BCUT2D eigenvalue weighted by Crippen LogP contribution is -2.15. The first-order chi connectivity index (χ1) is 5.93. The second kappa shape index (κ2) is 2.44. The molecule has 0 aliphatic carbocycles. The number of hydrogen-bond donors (Lipinski definition) is 1. The first-order valence-corrected chi connectivity index (χ1v) is 5.65. The second-order valence-corrected chi connectivity index (χ2v) is 5.34. The van der Waals surface area contributed by atoms with Crippen LogP contribution in [0.1, 0.15) is 19.4 Å². The highest BCUT2D eigenvalue weighted by Crippen LogP contribution is 2.55. The first-order valence-electron chi connectivity index (χ1n) is 4.07. The summed E-state index contributed by atoms with van der Waals surface area (Å²) in [5.74, 6) is 0. The van der Waals surface area contributed by atoms with E-state index >= 15 is 0 Å². The van der Waals surface area contributed by atoms with Gasteiger partial charge in [-0.25, -0.2) is 0 Å². The summed E-state index contributed by atoms with van der Waals surface area (Å²) in [6.45, 7) is 3.59. The predicted molar refractivity (Wildman–Crippen MR) is 50.0 cm³/mol. The quantitative estimate of drug-likeness (QED) is 0.646. The zero-order chi connectivity index (χ0) is 9.69. The highest BCUT2D eigenvalue weighted by molar-refractivity contribution is 7.61. The molecule has 1 heterocycles. The molecule has 2 rings (SSSR count). The summed E-state index contributed by atoms with van der Waals surface area (Å²) in [5.41, 5.74) is 0.154. The summed E-state index contributed by atoms with van der Waals surface area (Å²) >= 11 is 0. The van der Waals surface area contributed by atoms with Crippen molar-refractivity contribution in [3.63, 3.8) is 0 Å². The van der Waals surface area contributed by atoms with E-state index in [4.69, 9.17) is 4.52 Å². The van der Waals surface area contributed by atoms with Crippen LogP contribution in [0.25, 0.3) is 0 Å². The average Bonchev–Trinajstić information content (AvgIpc) is 2.20. The van der Waals surface area contributed by atoms with Gasteiger partial charge in [-0.1, -0.05) is 18.2 Å². The molecule has 1 aromatic carbocycles. The molecule has 0 saturated carbocycles. The van der Waals surface area contributed by atoms with Gasteiger partial charge in [-0.15, -0.1) is 0 Å². The van der Waals surface area contributed by atoms with Crippen molar-refractivity contribution in [1.29, 1.82) is 0 Å². The molecule has 13 heavy (non-hydrogen) atoms. The topological polar surface area (TPSA) is 46.5 Å². The third-order valence-electron chi connectivity index (χ3n) is 2.21. The highest BCUT2D eigenvalue weighted by Gasteiger charge is 2.44. The standard InChI is InChI=1S/C9H11O3P/c1-9(2)7-5-3-4-6-8(7)13(10,11)12-9/h3-6H,1-2H3,(H,10,11). The van der Waals surface area contributed by atoms with Gasteiger partial charge in [0.2, 0.25) is 0 Å². The predicted octanol–water partition coefficient (Wildman–Crippen LogP) is 1.76. The van der Waals surface area contributed by atoms with Gasteiger partial charge in [-0.3, -0.25) is 9.09 Å². The molecule has 0 bridgehead atoms. The van der Waals surface area contributed by atoms with Gasteiger partial charge in [0.25, 0.3) is 0 Å². The van der Waals surface area contributed by atoms with Crippen LogP contribution in [0.4, 0.5) is 0 Å². The van der Waals surface area contributed by atoms with Crippen molar-refractivity contribution in [1.82, 2.24) is 0 Å². The van der Waals surface area contributed by atoms with Crippen molar-refractivity contribution in [3.8, 4) is 0 Å². The van der Waals surface area contributed by atoms with Crippen LogP contribution < -0.4 is 5.30 Å². The molecule has 3 nitrogen and oxygen atoms in total. The molecule has 1 atom stereocenters. The fourth-order valence-electron chi connectivity index (χ4n) is 1.64. The molecule has 0 fully saturated rings. The van der Waals surface area contributed by atoms with Crippen LogP contribution in [0.2, 0.25) is 0 Å². The Morgan fingerprint density at radius 1 is 1.38 bits per heavy atom. The van der Waals surface area contributed by atoms with Gasteiger partial charge in [0.05, 0.1) is 10.9 Å². The molecule has 1 unspecified atom stereocenters. The van der Waals surface area contributed by atoms with Gasteiger partial charge in [-0.2, -0.15) is 0 Å². The van der Waals surface area contributed by atoms with Gasteiger partial charge in [-0.05, 0) is 25.5 Å². The van der Waals surface area contributed by atoms with Crippen LogP contribution in [-0.2, 0) is 14.7 Å². The van der Waals surface area contributed by atoms with E-state index in [2.05, 4.69) is 0 Å². The van der Waals surface area contributed by atoms with E-state index in [0.717, 1.165) is 5.56 Å². The van der Waals surface area contributed by atoms with Crippen LogP contribution in [-0.4, -0.2) is 4.89 Å². The molecule has 0 amide bonds. The van der Waals surface area contributed by atoms with Crippen LogP contribution in [0.5, 0.6) is 0 Å². The molecule has 70 valence electrons. The maximum Gasteiger partial charge on any atom is 0.360 e. The van der Waals surface area contributed by atoms with Crippen molar-refractivity contribution in [2.45, 2.75) is 19.4 Å². The Kier molecular flexibility index (Phi) is 1.68. The molecule has 1 aliphatic heterocycles. The minimum Gasteiger partial charge on any atom is -0.321 e. The molecule has 0 spiro atoms. The van der Waals surface area contributed by atoms with Gasteiger partial charge in [0, 0.05) is 0 Å². The molecular formula is C9H11O3P. The molecule has 1 N–H and O–H groups in total. The van der Waals surface area contributed by atoms with Crippen molar-refractivity contribution in [2.75, 3.05) is 0 Å². The Bertz CT molecular complexity index is 398. The van der Waals surface area contributed by atoms with E-state index in [9.17, 15) is 9.46 Å². The van der Waals surface area contributed by atoms with Gasteiger partial charge < -0.3 is 4.89 Å².